The molecule has 0 radical (unpaired) electrons. The molecular weight excluding hydrogens is 298 g/mol. The maximum atomic E-state index is 12.0. The molecule has 1 aromatic carbocycles. The molecule has 2 unspecified atom stereocenters. The molecule has 6 heteroatoms. The zero-order chi connectivity index (χ0) is 17.0. The molecule has 1 aliphatic rings. The Kier molecular flexibility index (Phi) is 5.36. The number of aryl methyl sites for hydroxylation is 1. The molecule has 2 rings (SSSR count). The minimum atomic E-state index is -1.18. The third kappa shape index (κ3) is 4.09. The first kappa shape index (κ1) is 17.0. The highest BCUT2D eigenvalue weighted by molar-refractivity contribution is 5.93. The average Bonchev–Trinajstić information content (AvgIpc) is 2.53. The van der Waals surface area contributed by atoms with Crippen molar-refractivity contribution in [1.29, 1.82) is 0 Å². The third-order valence-corrected chi connectivity index (χ3v) is 4.44. The summed E-state index contributed by atoms with van der Waals surface area (Å²) in [7, 11) is 0. The number of piperidine rings is 1. The van der Waals surface area contributed by atoms with Gasteiger partial charge in [-0.1, -0.05) is 19.1 Å². The maximum Gasteiger partial charge on any atom is 0.414 e. The van der Waals surface area contributed by atoms with Gasteiger partial charge in [-0.2, -0.15) is 0 Å². The van der Waals surface area contributed by atoms with Gasteiger partial charge in [0.1, 0.15) is 0 Å². The number of carbonyl (C=O) groups excluding carboxylic acids is 1. The predicted octanol–water partition coefficient (Wildman–Crippen LogP) is 2.87. The lowest BCUT2D eigenvalue weighted by atomic mass is 9.84. The van der Waals surface area contributed by atoms with E-state index in [0.29, 0.717) is 12.8 Å². The molecule has 1 saturated heterocycles. The lowest BCUT2D eigenvalue weighted by Gasteiger charge is -2.34. The van der Waals surface area contributed by atoms with Gasteiger partial charge in [-0.15, -0.1) is 0 Å². The maximum absolute atomic E-state index is 12.0. The van der Waals surface area contributed by atoms with Gasteiger partial charge in [0.2, 0.25) is 5.91 Å². The number of carboxylic acid groups (broad SMARTS) is 2. The quantitative estimate of drug-likeness (QED) is 0.870. The summed E-state index contributed by atoms with van der Waals surface area (Å²) in [6, 6.07) is 6.70. The fourth-order valence-electron chi connectivity index (χ4n) is 3.05. The van der Waals surface area contributed by atoms with Crippen LogP contribution in [0.4, 0.5) is 4.79 Å². The second-order valence-electron chi connectivity index (χ2n) is 5.98. The van der Waals surface area contributed by atoms with Gasteiger partial charge >= 0.3 is 12.1 Å². The summed E-state index contributed by atoms with van der Waals surface area (Å²) in [6.07, 6.45) is 1.70. The molecule has 2 N–H and O–H groups in total. The van der Waals surface area contributed by atoms with E-state index < -0.39 is 12.1 Å². The SMILES string of the molecule is CCC1CC(CCc2ccc(C(=O)O)cc2)CN(C(=O)O)C1=O. The molecule has 0 bridgehead atoms. The monoisotopic (exact) mass is 319 g/mol. The van der Waals surface area contributed by atoms with Gasteiger partial charge in [0.25, 0.3) is 0 Å². The molecule has 23 heavy (non-hydrogen) atoms. The van der Waals surface area contributed by atoms with E-state index in [9.17, 15) is 14.4 Å². The van der Waals surface area contributed by atoms with Crippen molar-refractivity contribution in [2.75, 3.05) is 6.54 Å². The molecule has 0 aliphatic carbocycles. The number of hydrogen-bond acceptors (Lipinski definition) is 3. The van der Waals surface area contributed by atoms with Crippen LogP contribution < -0.4 is 0 Å². The Morgan fingerprint density at radius 1 is 1.22 bits per heavy atom. The highest BCUT2D eigenvalue weighted by Gasteiger charge is 2.36. The van der Waals surface area contributed by atoms with E-state index in [1.54, 1.807) is 24.3 Å². The number of carboxylic acids is 1. The minimum Gasteiger partial charge on any atom is -0.478 e. The van der Waals surface area contributed by atoms with Gasteiger partial charge in [-0.25, -0.2) is 14.5 Å². The number of nitrogens with zero attached hydrogens (tertiary/aromatic N) is 1. The number of likely N-dealkylation sites (tertiary alicyclic amines) is 1. The zero-order valence-corrected chi connectivity index (χ0v) is 13.1. The first-order valence-electron chi connectivity index (χ1n) is 7.78. The van der Waals surface area contributed by atoms with Crippen molar-refractivity contribution in [3.8, 4) is 0 Å². The van der Waals surface area contributed by atoms with Crippen molar-refractivity contribution in [1.82, 2.24) is 4.90 Å². The second kappa shape index (κ2) is 7.26. The first-order valence-corrected chi connectivity index (χ1v) is 7.78. The van der Waals surface area contributed by atoms with Crippen LogP contribution in [0.1, 0.15) is 42.1 Å². The fourth-order valence-corrected chi connectivity index (χ4v) is 3.05. The molecule has 124 valence electrons. The van der Waals surface area contributed by atoms with Crippen LogP contribution in [-0.2, 0) is 11.2 Å². The van der Waals surface area contributed by atoms with Crippen LogP contribution in [0.2, 0.25) is 0 Å². The molecular formula is C17H21NO5. The minimum absolute atomic E-state index is 0.146. The topological polar surface area (TPSA) is 94.9 Å². The number of imide groups is 1. The van der Waals surface area contributed by atoms with Crippen LogP contribution in [0.3, 0.4) is 0 Å². The normalized spacial score (nSPS) is 21.3. The molecule has 1 heterocycles. The van der Waals surface area contributed by atoms with E-state index in [0.717, 1.165) is 23.3 Å². The summed E-state index contributed by atoms with van der Waals surface area (Å²) < 4.78 is 0. The van der Waals surface area contributed by atoms with Gasteiger partial charge in [-0.3, -0.25) is 4.79 Å². The van der Waals surface area contributed by atoms with E-state index in [2.05, 4.69) is 0 Å². The summed E-state index contributed by atoms with van der Waals surface area (Å²) in [5.74, 6) is -1.32. The highest BCUT2D eigenvalue weighted by atomic mass is 16.4. The molecule has 0 aromatic heterocycles. The zero-order valence-electron chi connectivity index (χ0n) is 13.1. The van der Waals surface area contributed by atoms with Gasteiger partial charge in [0.05, 0.1) is 5.56 Å². The molecule has 1 aromatic rings. The van der Waals surface area contributed by atoms with E-state index in [4.69, 9.17) is 10.2 Å². The standard InChI is InChI=1S/C17H21NO5/c1-2-13-9-12(10-18(15(13)19)17(22)23)4-3-11-5-7-14(8-6-11)16(20)21/h5-8,12-13H,2-4,9-10H2,1H3,(H,20,21)(H,22,23). The van der Waals surface area contributed by atoms with Crippen molar-refractivity contribution in [3.05, 3.63) is 35.4 Å². The third-order valence-electron chi connectivity index (χ3n) is 4.44. The number of benzene rings is 1. The summed E-state index contributed by atoms with van der Waals surface area (Å²) >= 11 is 0. The molecule has 0 saturated carbocycles. The van der Waals surface area contributed by atoms with Crippen molar-refractivity contribution in [2.24, 2.45) is 11.8 Å². The Balaban J connectivity index is 1.97. The summed E-state index contributed by atoms with van der Waals surface area (Å²) in [4.78, 5) is 35.0. The summed E-state index contributed by atoms with van der Waals surface area (Å²) in [6.45, 7) is 2.15. The number of carbonyl (C=O) groups is 3. The lowest BCUT2D eigenvalue weighted by molar-refractivity contribution is -0.137. The van der Waals surface area contributed by atoms with Crippen LogP contribution in [0.25, 0.3) is 0 Å². The van der Waals surface area contributed by atoms with Crippen molar-refractivity contribution < 1.29 is 24.6 Å². The summed E-state index contributed by atoms with van der Waals surface area (Å²) in [5, 5.41) is 18.0. The Morgan fingerprint density at radius 2 is 1.87 bits per heavy atom. The lowest BCUT2D eigenvalue weighted by Crippen LogP contribution is -2.47. The average molecular weight is 319 g/mol. The summed E-state index contributed by atoms with van der Waals surface area (Å²) in [5.41, 5.74) is 1.27. The van der Waals surface area contributed by atoms with Crippen LogP contribution in [0.15, 0.2) is 24.3 Å². The van der Waals surface area contributed by atoms with Gasteiger partial charge in [-0.05, 0) is 49.3 Å². The van der Waals surface area contributed by atoms with Gasteiger partial charge in [0, 0.05) is 12.5 Å². The second-order valence-corrected chi connectivity index (χ2v) is 5.98. The Morgan fingerprint density at radius 3 is 2.39 bits per heavy atom. The molecule has 2 amide bonds. The fraction of sp³-hybridized carbons (Fsp3) is 0.471. The highest BCUT2D eigenvalue weighted by Crippen LogP contribution is 2.28. The van der Waals surface area contributed by atoms with Crippen LogP contribution in [-0.4, -0.2) is 39.6 Å². The van der Waals surface area contributed by atoms with E-state index in [-0.39, 0.29) is 29.9 Å². The largest absolute Gasteiger partial charge is 0.478 e. The first-order chi connectivity index (χ1) is 10.9. The van der Waals surface area contributed by atoms with E-state index in [1.807, 2.05) is 6.92 Å². The number of hydrogen-bond donors (Lipinski definition) is 2. The van der Waals surface area contributed by atoms with Crippen molar-refractivity contribution >= 4 is 18.0 Å². The molecule has 0 spiro atoms. The van der Waals surface area contributed by atoms with Gasteiger partial charge < -0.3 is 10.2 Å². The Labute approximate surface area is 134 Å². The van der Waals surface area contributed by atoms with E-state index >= 15 is 0 Å². The molecule has 2 atom stereocenters. The predicted molar refractivity (Wildman–Crippen MR) is 83.3 cm³/mol. The van der Waals surface area contributed by atoms with Crippen LogP contribution in [0, 0.1) is 11.8 Å². The van der Waals surface area contributed by atoms with Crippen molar-refractivity contribution in [3.63, 3.8) is 0 Å². The van der Waals surface area contributed by atoms with Gasteiger partial charge in [0.15, 0.2) is 0 Å². The Bertz CT molecular complexity index is 596. The molecule has 6 nitrogen and oxygen atoms in total. The van der Waals surface area contributed by atoms with Crippen molar-refractivity contribution in [2.45, 2.75) is 32.6 Å². The molecule has 1 fully saturated rings. The van der Waals surface area contributed by atoms with Crippen LogP contribution in [0.5, 0.6) is 0 Å². The number of aromatic carboxylic acids is 1. The smallest absolute Gasteiger partial charge is 0.414 e. The molecule has 1 aliphatic heterocycles. The number of amides is 2. The number of rotatable bonds is 5. The Hall–Kier alpha value is -2.37. The van der Waals surface area contributed by atoms with Crippen LogP contribution >= 0.6 is 0 Å². The van der Waals surface area contributed by atoms with E-state index in [1.165, 1.54) is 0 Å².